The van der Waals surface area contributed by atoms with Crippen LogP contribution >= 0.6 is 0 Å². The molecule has 1 aliphatic rings. The summed E-state index contributed by atoms with van der Waals surface area (Å²) >= 11 is 0. The molecular weight excluding hydrogens is 266 g/mol. The van der Waals surface area contributed by atoms with E-state index in [2.05, 4.69) is 28.6 Å². The summed E-state index contributed by atoms with van der Waals surface area (Å²) in [5.41, 5.74) is 3.30. The Hall–Kier alpha value is -1.75. The van der Waals surface area contributed by atoms with Gasteiger partial charge in [0.2, 0.25) is 0 Å². The quantitative estimate of drug-likeness (QED) is 0.779. The molecule has 5 heteroatoms. The number of carbonyl (C=O) groups is 1. The lowest BCUT2D eigenvalue weighted by Crippen LogP contribution is -2.41. The second-order valence-electron chi connectivity index (χ2n) is 5.98. The monoisotopic (exact) mass is 291 g/mol. The summed E-state index contributed by atoms with van der Waals surface area (Å²) in [6.45, 7) is 5.17. The summed E-state index contributed by atoms with van der Waals surface area (Å²) in [5, 5.41) is 14.8. The molecule has 3 N–H and O–H groups in total. The van der Waals surface area contributed by atoms with Crippen molar-refractivity contribution < 1.29 is 9.90 Å². The minimum absolute atomic E-state index is 0.0212. The molecule has 1 heterocycles. The van der Waals surface area contributed by atoms with Crippen LogP contribution in [0.3, 0.4) is 0 Å². The van der Waals surface area contributed by atoms with Crippen LogP contribution in [-0.2, 0) is 6.42 Å². The Balaban J connectivity index is 1.98. The van der Waals surface area contributed by atoms with E-state index in [9.17, 15) is 4.79 Å². The highest BCUT2D eigenvalue weighted by molar-refractivity contribution is 5.90. The molecule has 2 rings (SSSR count). The summed E-state index contributed by atoms with van der Waals surface area (Å²) in [7, 11) is 2.06. The van der Waals surface area contributed by atoms with E-state index < -0.39 is 0 Å². The first-order valence-corrected chi connectivity index (χ1v) is 7.53. The van der Waals surface area contributed by atoms with Crippen molar-refractivity contribution in [1.29, 1.82) is 0 Å². The number of anilines is 2. The van der Waals surface area contributed by atoms with E-state index in [1.165, 1.54) is 11.3 Å². The molecule has 0 fully saturated rings. The lowest BCUT2D eigenvalue weighted by atomic mass is 10.0. The van der Waals surface area contributed by atoms with Gasteiger partial charge in [-0.05, 0) is 36.5 Å². The van der Waals surface area contributed by atoms with E-state index >= 15 is 0 Å². The minimum atomic E-state index is -0.220. The van der Waals surface area contributed by atoms with Gasteiger partial charge >= 0.3 is 6.03 Å². The molecule has 0 radical (unpaired) electrons. The Morgan fingerprint density at radius 3 is 2.86 bits per heavy atom. The first-order chi connectivity index (χ1) is 10.0. The zero-order valence-electron chi connectivity index (χ0n) is 13.0. The number of aliphatic hydroxyl groups is 1. The van der Waals surface area contributed by atoms with E-state index in [-0.39, 0.29) is 24.6 Å². The molecular formula is C16H25N3O2. The van der Waals surface area contributed by atoms with Crippen LogP contribution in [-0.4, -0.2) is 37.4 Å². The number of hydrogen-bond donors (Lipinski definition) is 3. The van der Waals surface area contributed by atoms with Crippen LogP contribution in [0.2, 0.25) is 0 Å². The third-order valence-corrected chi connectivity index (χ3v) is 4.03. The number of carbonyl (C=O) groups excluding carboxylic acids is 1. The molecule has 21 heavy (non-hydrogen) atoms. The number of benzene rings is 1. The number of nitrogens with zero attached hydrogens (tertiary/aromatic N) is 1. The third kappa shape index (κ3) is 3.88. The SMILES string of the molecule is CC(C)C(CCO)NC(=O)Nc1ccc2c(c1)N(C)CC2. The van der Waals surface area contributed by atoms with Gasteiger partial charge in [0.25, 0.3) is 0 Å². The van der Waals surface area contributed by atoms with Crippen molar-refractivity contribution in [1.82, 2.24) is 5.32 Å². The molecule has 1 aliphatic heterocycles. The topological polar surface area (TPSA) is 64.6 Å². The standard InChI is InChI=1S/C16H25N3O2/c1-11(2)14(7-9-20)18-16(21)17-13-5-4-12-6-8-19(3)15(12)10-13/h4-5,10-11,14,20H,6-9H2,1-3H3,(H2,17,18,21). The van der Waals surface area contributed by atoms with Gasteiger partial charge in [0.05, 0.1) is 0 Å². The zero-order valence-corrected chi connectivity index (χ0v) is 13.0. The maximum Gasteiger partial charge on any atom is 0.319 e. The van der Waals surface area contributed by atoms with E-state index in [1.54, 1.807) is 0 Å². The fraction of sp³-hybridized carbons (Fsp3) is 0.562. The molecule has 116 valence electrons. The van der Waals surface area contributed by atoms with Crippen molar-refractivity contribution >= 4 is 17.4 Å². The third-order valence-electron chi connectivity index (χ3n) is 4.03. The van der Waals surface area contributed by atoms with Gasteiger partial charge in [0.1, 0.15) is 0 Å². The highest BCUT2D eigenvalue weighted by Gasteiger charge is 2.18. The van der Waals surface area contributed by atoms with Gasteiger partial charge in [-0.3, -0.25) is 0 Å². The predicted molar refractivity (Wildman–Crippen MR) is 85.9 cm³/mol. The Morgan fingerprint density at radius 2 is 2.19 bits per heavy atom. The normalized spacial score (nSPS) is 15.0. The van der Waals surface area contributed by atoms with Crippen molar-refractivity contribution in [3.8, 4) is 0 Å². The number of amides is 2. The van der Waals surface area contributed by atoms with Crippen molar-refractivity contribution in [2.45, 2.75) is 32.7 Å². The van der Waals surface area contributed by atoms with Gasteiger partial charge in [-0.25, -0.2) is 4.79 Å². The molecule has 0 spiro atoms. The summed E-state index contributed by atoms with van der Waals surface area (Å²) in [6, 6.07) is 5.78. The fourth-order valence-corrected chi connectivity index (χ4v) is 2.66. The van der Waals surface area contributed by atoms with Gasteiger partial charge < -0.3 is 20.6 Å². The molecule has 1 aromatic rings. The largest absolute Gasteiger partial charge is 0.396 e. The predicted octanol–water partition coefficient (Wildman–Crippen LogP) is 2.21. The maximum atomic E-state index is 12.1. The second-order valence-corrected chi connectivity index (χ2v) is 5.98. The van der Waals surface area contributed by atoms with E-state index in [0.29, 0.717) is 6.42 Å². The molecule has 0 saturated carbocycles. The van der Waals surface area contributed by atoms with Crippen molar-refractivity contribution in [2.75, 3.05) is 30.4 Å². The molecule has 5 nitrogen and oxygen atoms in total. The van der Waals surface area contributed by atoms with E-state index in [1.807, 2.05) is 26.0 Å². The number of nitrogens with one attached hydrogen (secondary N) is 2. The fourth-order valence-electron chi connectivity index (χ4n) is 2.66. The summed E-state index contributed by atoms with van der Waals surface area (Å²) in [6.07, 6.45) is 1.63. The van der Waals surface area contributed by atoms with Crippen LogP contribution in [0.5, 0.6) is 0 Å². The van der Waals surface area contributed by atoms with E-state index in [4.69, 9.17) is 5.11 Å². The number of fused-ring (bicyclic) bond motifs is 1. The number of aliphatic hydroxyl groups excluding tert-OH is 1. The second kappa shape index (κ2) is 6.80. The van der Waals surface area contributed by atoms with Crippen molar-refractivity contribution in [3.05, 3.63) is 23.8 Å². The van der Waals surface area contributed by atoms with Gasteiger partial charge in [0.15, 0.2) is 0 Å². The number of likely N-dealkylation sites (N-methyl/N-ethyl adjacent to an activating group) is 1. The highest BCUT2D eigenvalue weighted by Crippen LogP contribution is 2.29. The summed E-state index contributed by atoms with van der Waals surface area (Å²) in [4.78, 5) is 14.3. The van der Waals surface area contributed by atoms with Crippen LogP contribution in [0.1, 0.15) is 25.8 Å². The minimum Gasteiger partial charge on any atom is -0.396 e. The molecule has 0 aliphatic carbocycles. The van der Waals surface area contributed by atoms with Gasteiger partial charge in [-0.15, -0.1) is 0 Å². The number of urea groups is 1. The van der Waals surface area contributed by atoms with E-state index in [0.717, 1.165) is 18.7 Å². The number of hydrogen-bond acceptors (Lipinski definition) is 3. The molecule has 1 unspecified atom stereocenters. The van der Waals surface area contributed by atoms with Crippen LogP contribution in [0.15, 0.2) is 18.2 Å². The Bertz CT molecular complexity index is 502. The van der Waals surface area contributed by atoms with Gasteiger partial charge in [0, 0.05) is 37.6 Å². The van der Waals surface area contributed by atoms with Gasteiger partial charge in [-0.2, -0.15) is 0 Å². The van der Waals surface area contributed by atoms with Crippen molar-refractivity contribution in [3.63, 3.8) is 0 Å². The first-order valence-electron chi connectivity index (χ1n) is 7.53. The summed E-state index contributed by atoms with van der Waals surface area (Å²) in [5.74, 6) is 0.286. The molecule has 0 aromatic heterocycles. The smallest absolute Gasteiger partial charge is 0.319 e. The molecule has 0 saturated heterocycles. The van der Waals surface area contributed by atoms with Crippen LogP contribution in [0, 0.1) is 5.92 Å². The van der Waals surface area contributed by atoms with Crippen LogP contribution < -0.4 is 15.5 Å². The van der Waals surface area contributed by atoms with Crippen LogP contribution in [0.4, 0.5) is 16.2 Å². The average Bonchev–Trinajstić information content (AvgIpc) is 2.79. The molecule has 1 aromatic carbocycles. The lowest BCUT2D eigenvalue weighted by Gasteiger charge is -2.22. The van der Waals surface area contributed by atoms with Crippen LogP contribution in [0.25, 0.3) is 0 Å². The lowest BCUT2D eigenvalue weighted by molar-refractivity contribution is 0.227. The highest BCUT2D eigenvalue weighted by atomic mass is 16.3. The average molecular weight is 291 g/mol. The number of rotatable bonds is 5. The molecule has 1 atom stereocenters. The van der Waals surface area contributed by atoms with Crippen molar-refractivity contribution in [2.24, 2.45) is 5.92 Å². The molecule has 2 amide bonds. The first kappa shape index (κ1) is 15.6. The Labute approximate surface area is 126 Å². The molecule has 0 bridgehead atoms. The van der Waals surface area contributed by atoms with Gasteiger partial charge in [-0.1, -0.05) is 19.9 Å². The maximum absolute atomic E-state index is 12.1. The Morgan fingerprint density at radius 1 is 1.43 bits per heavy atom. The Kier molecular flexibility index (Phi) is 5.07. The summed E-state index contributed by atoms with van der Waals surface area (Å²) < 4.78 is 0. The zero-order chi connectivity index (χ0) is 15.4.